The zero-order chi connectivity index (χ0) is 13.4. The minimum Gasteiger partial charge on any atom is -0.508 e. The molecule has 3 N–H and O–H groups in total. The number of nitrogens with one attached hydrogen (secondary N) is 2. The number of phenols is 1. The second-order valence-electron chi connectivity index (χ2n) is 3.97. The van der Waals surface area contributed by atoms with Gasteiger partial charge in [0.25, 0.3) is 0 Å². The molecule has 5 heteroatoms. The normalized spacial score (nSPS) is 11.1. The molecule has 0 aliphatic rings. The Balaban J connectivity index is 2.46. The van der Waals surface area contributed by atoms with E-state index in [1.807, 2.05) is 19.1 Å². The molecule has 0 aliphatic carbocycles. The molecule has 0 amide bonds. The van der Waals surface area contributed by atoms with E-state index >= 15 is 0 Å². The number of nitrogens with zero attached hydrogens (tertiary/aromatic N) is 1. The summed E-state index contributed by atoms with van der Waals surface area (Å²) in [5.74, 6) is 0.247. The molecule has 0 fully saturated rings. The van der Waals surface area contributed by atoms with Crippen LogP contribution in [0.4, 0.5) is 0 Å². The van der Waals surface area contributed by atoms with Crippen molar-refractivity contribution in [3.63, 3.8) is 0 Å². The Morgan fingerprint density at radius 1 is 1.33 bits per heavy atom. The lowest BCUT2D eigenvalue weighted by molar-refractivity contribution is 0.475. The molecule has 0 heterocycles. The third kappa shape index (κ3) is 5.14. The van der Waals surface area contributed by atoms with Gasteiger partial charge in [-0.1, -0.05) is 13.3 Å². The topological polar surface area (TPSA) is 56.7 Å². The molecule has 0 saturated carbocycles. The first-order valence-corrected chi connectivity index (χ1v) is 6.42. The summed E-state index contributed by atoms with van der Waals surface area (Å²) < 4.78 is 0. The van der Waals surface area contributed by atoms with Crippen LogP contribution in [0.25, 0.3) is 0 Å². The van der Waals surface area contributed by atoms with Crippen LogP contribution in [0.5, 0.6) is 5.75 Å². The summed E-state index contributed by atoms with van der Waals surface area (Å²) in [7, 11) is 0. The van der Waals surface area contributed by atoms with Crippen LogP contribution < -0.4 is 10.7 Å². The van der Waals surface area contributed by atoms with E-state index in [4.69, 9.17) is 12.2 Å². The second-order valence-corrected chi connectivity index (χ2v) is 4.37. The second kappa shape index (κ2) is 7.66. The van der Waals surface area contributed by atoms with Gasteiger partial charge in [-0.3, -0.25) is 5.43 Å². The van der Waals surface area contributed by atoms with Gasteiger partial charge in [0.1, 0.15) is 5.75 Å². The average Bonchev–Trinajstić information content (AvgIpc) is 2.37. The highest BCUT2D eigenvalue weighted by atomic mass is 32.1. The van der Waals surface area contributed by atoms with Gasteiger partial charge >= 0.3 is 0 Å². The Kier molecular flexibility index (Phi) is 6.14. The highest BCUT2D eigenvalue weighted by Gasteiger charge is 1.98. The van der Waals surface area contributed by atoms with E-state index in [1.165, 1.54) is 0 Å². The Bertz CT molecular complexity index is 415. The standard InChI is InChI=1S/C13H19N3OS/c1-3-4-9-14-13(18)16-15-10(2)11-5-7-12(17)8-6-11/h5-8,17H,3-4,9H2,1-2H3,(H2,14,16,18). The van der Waals surface area contributed by atoms with Gasteiger partial charge in [-0.15, -0.1) is 0 Å². The summed E-state index contributed by atoms with van der Waals surface area (Å²) in [5.41, 5.74) is 4.56. The fourth-order valence-electron chi connectivity index (χ4n) is 1.32. The van der Waals surface area contributed by atoms with Crippen LogP contribution in [0.2, 0.25) is 0 Å². The van der Waals surface area contributed by atoms with E-state index in [-0.39, 0.29) is 5.75 Å². The van der Waals surface area contributed by atoms with Gasteiger partial charge in [0.15, 0.2) is 5.11 Å². The number of aromatic hydroxyl groups is 1. The monoisotopic (exact) mass is 265 g/mol. The number of rotatable bonds is 5. The van der Waals surface area contributed by atoms with E-state index in [0.29, 0.717) is 5.11 Å². The quantitative estimate of drug-likeness (QED) is 0.331. The maximum atomic E-state index is 9.19. The third-order valence-electron chi connectivity index (χ3n) is 2.43. The van der Waals surface area contributed by atoms with Crippen molar-refractivity contribution in [3.8, 4) is 5.75 Å². The van der Waals surface area contributed by atoms with Crippen LogP contribution in [-0.2, 0) is 0 Å². The molecule has 0 spiro atoms. The predicted molar refractivity (Wildman–Crippen MR) is 79.0 cm³/mol. The molecule has 1 aromatic carbocycles. The smallest absolute Gasteiger partial charge is 0.186 e. The molecule has 0 aromatic heterocycles. The molecule has 0 radical (unpaired) electrons. The molecule has 0 aliphatic heterocycles. The fourth-order valence-corrected chi connectivity index (χ4v) is 1.47. The number of unbranched alkanes of at least 4 members (excludes halogenated alkanes) is 1. The molecule has 0 bridgehead atoms. The molecular formula is C13H19N3OS. The lowest BCUT2D eigenvalue weighted by Crippen LogP contribution is -2.33. The number of hydrazone groups is 1. The molecule has 18 heavy (non-hydrogen) atoms. The summed E-state index contributed by atoms with van der Waals surface area (Å²) in [6, 6.07) is 6.88. The Hall–Kier alpha value is -1.62. The maximum Gasteiger partial charge on any atom is 0.186 e. The summed E-state index contributed by atoms with van der Waals surface area (Å²) in [4.78, 5) is 0. The summed E-state index contributed by atoms with van der Waals surface area (Å²) in [6.45, 7) is 4.87. The van der Waals surface area contributed by atoms with Gasteiger partial charge in [-0.05, 0) is 55.4 Å². The fraction of sp³-hybridized carbons (Fsp3) is 0.385. The number of hydrogen-bond acceptors (Lipinski definition) is 3. The highest BCUT2D eigenvalue weighted by Crippen LogP contribution is 2.10. The largest absolute Gasteiger partial charge is 0.508 e. The zero-order valence-electron chi connectivity index (χ0n) is 10.7. The molecule has 98 valence electrons. The van der Waals surface area contributed by atoms with Crippen molar-refractivity contribution >= 4 is 23.0 Å². The molecule has 1 aromatic rings. The molecular weight excluding hydrogens is 246 g/mol. The molecule has 1 rings (SSSR count). The molecule has 0 unspecified atom stereocenters. The first-order valence-electron chi connectivity index (χ1n) is 6.01. The zero-order valence-corrected chi connectivity index (χ0v) is 11.5. The summed E-state index contributed by atoms with van der Waals surface area (Å²) in [5, 5.41) is 17.0. The SMILES string of the molecule is CCCCNC(=S)NN=C(C)c1ccc(O)cc1. The molecule has 0 atom stereocenters. The van der Waals surface area contributed by atoms with Crippen LogP contribution >= 0.6 is 12.2 Å². The van der Waals surface area contributed by atoms with E-state index in [0.717, 1.165) is 30.7 Å². The van der Waals surface area contributed by atoms with Crippen molar-refractivity contribution in [2.75, 3.05) is 6.54 Å². The first-order chi connectivity index (χ1) is 8.63. The summed E-state index contributed by atoms with van der Waals surface area (Å²) >= 11 is 5.09. The Labute approximate surface area is 113 Å². The van der Waals surface area contributed by atoms with Crippen LogP contribution in [-0.4, -0.2) is 22.5 Å². The van der Waals surface area contributed by atoms with Crippen LogP contribution in [0.15, 0.2) is 29.4 Å². The lowest BCUT2D eigenvalue weighted by atomic mass is 10.1. The summed E-state index contributed by atoms with van der Waals surface area (Å²) in [6.07, 6.45) is 2.22. The van der Waals surface area contributed by atoms with Crippen molar-refractivity contribution in [1.29, 1.82) is 0 Å². The minimum absolute atomic E-state index is 0.247. The van der Waals surface area contributed by atoms with Crippen LogP contribution in [0, 0.1) is 0 Å². The van der Waals surface area contributed by atoms with Gasteiger partial charge in [0.2, 0.25) is 0 Å². The van der Waals surface area contributed by atoms with Gasteiger partial charge in [0, 0.05) is 6.54 Å². The minimum atomic E-state index is 0.247. The Morgan fingerprint density at radius 3 is 2.61 bits per heavy atom. The van der Waals surface area contributed by atoms with Gasteiger partial charge < -0.3 is 10.4 Å². The lowest BCUT2D eigenvalue weighted by Gasteiger charge is -2.07. The van der Waals surface area contributed by atoms with E-state index in [2.05, 4.69) is 22.8 Å². The van der Waals surface area contributed by atoms with Crippen LogP contribution in [0.3, 0.4) is 0 Å². The Morgan fingerprint density at radius 2 is 2.00 bits per heavy atom. The van der Waals surface area contributed by atoms with E-state index < -0.39 is 0 Å². The molecule has 0 saturated heterocycles. The number of hydrogen-bond donors (Lipinski definition) is 3. The maximum absolute atomic E-state index is 9.19. The van der Waals surface area contributed by atoms with Gasteiger partial charge in [-0.25, -0.2) is 0 Å². The third-order valence-corrected chi connectivity index (χ3v) is 2.66. The van der Waals surface area contributed by atoms with Gasteiger partial charge in [-0.2, -0.15) is 5.10 Å². The average molecular weight is 265 g/mol. The first kappa shape index (κ1) is 14.4. The van der Waals surface area contributed by atoms with Crippen molar-refractivity contribution < 1.29 is 5.11 Å². The van der Waals surface area contributed by atoms with Crippen molar-refractivity contribution in [2.45, 2.75) is 26.7 Å². The van der Waals surface area contributed by atoms with E-state index in [9.17, 15) is 5.11 Å². The van der Waals surface area contributed by atoms with E-state index in [1.54, 1.807) is 12.1 Å². The predicted octanol–water partition coefficient (Wildman–Crippen LogP) is 2.38. The number of benzene rings is 1. The number of phenolic OH excluding ortho intramolecular Hbond substituents is 1. The van der Waals surface area contributed by atoms with Crippen molar-refractivity contribution in [2.24, 2.45) is 5.10 Å². The van der Waals surface area contributed by atoms with Gasteiger partial charge in [0.05, 0.1) is 5.71 Å². The highest BCUT2D eigenvalue weighted by molar-refractivity contribution is 7.80. The van der Waals surface area contributed by atoms with Crippen LogP contribution in [0.1, 0.15) is 32.3 Å². The van der Waals surface area contributed by atoms with Crippen molar-refractivity contribution in [3.05, 3.63) is 29.8 Å². The van der Waals surface area contributed by atoms with Crippen molar-refractivity contribution in [1.82, 2.24) is 10.7 Å². The number of thiocarbonyl (C=S) groups is 1. The molecule has 4 nitrogen and oxygen atoms in total.